The van der Waals surface area contributed by atoms with E-state index in [9.17, 15) is 14.7 Å². The number of rotatable bonds is 6. The predicted molar refractivity (Wildman–Crippen MR) is 130 cm³/mol. The second-order valence-corrected chi connectivity index (χ2v) is 8.85. The first-order valence-corrected chi connectivity index (χ1v) is 11.8. The van der Waals surface area contributed by atoms with Gasteiger partial charge in [-0.3, -0.25) is 4.79 Å². The monoisotopic (exact) mass is 482 g/mol. The van der Waals surface area contributed by atoms with E-state index in [1.54, 1.807) is 38.1 Å². The molecule has 178 valence electrons. The molecule has 0 bridgehead atoms. The van der Waals surface area contributed by atoms with Crippen molar-refractivity contribution in [3.05, 3.63) is 64.8 Å². The molecule has 1 N–H and O–H groups in total. The van der Waals surface area contributed by atoms with E-state index in [0.717, 1.165) is 18.4 Å². The van der Waals surface area contributed by atoms with Gasteiger partial charge in [0.25, 0.3) is 0 Å². The highest BCUT2D eigenvalue weighted by molar-refractivity contribution is 6.34. The number of ether oxygens (including phenoxy) is 1. The number of carboxylic acid groups (broad SMARTS) is 1. The van der Waals surface area contributed by atoms with Gasteiger partial charge in [0.1, 0.15) is 11.4 Å². The van der Waals surface area contributed by atoms with Gasteiger partial charge in [0.2, 0.25) is 0 Å². The predicted octanol–water partition coefficient (Wildman–Crippen LogP) is 6.96. The molecule has 1 amide bonds. The molecule has 3 aromatic rings. The Labute approximate surface area is 203 Å². The Hall–Kier alpha value is -3.32. The van der Waals surface area contributed by atoms with Gasteiger partial charge < -0.3 is 14.4 Å². The van der Waals surface area contributed by atoms with E-state index in [1.165, 1.54) is 10.5 Å². The number of benzene rings is 2. The number of anilines is 2. The number of carboxylic acids is 1. The summed E-state index contributed by atoms with van der Waals surface area (Å²) in [7, 11) is 0. The van der Waals surface area contributed by atoms with Crippen molar-refractivity contribution in [1.29, 1.82) is 0 Å². The average Bonchev–Trinajstić information content (AvgIpc) is 3.22. The summed E-state index contributed by atoms with van der Waals surface area (Å²) in [4.78, 5) is 25.6. The molecule has 0 atom stereocenters. The fourth-order valence-corrected chi connectivity index (χ4v) is 4.75. The van der Waals surface area contributed by atoms with Gasteiger partial charge in [-0.1, -0.05) is 53.2 Å². The van der Waals surface area contributed by atoms with Crippen LogP contribution in [0, 0.1) is 12.8 Å². The minimum atomic E-state index is -0.702. The molecule has 0 aliphatic heterocycles. The molecule has 8 heteroatoms. The number of amides is 1. The summed E-state index contributed by atoms with van der Waals surface area (Å²) < 4.78 is 11.0. The molecule has 1 fully saturated rings. The maximum Gasteiger partial charge on any atom is 0.419 e. The molecule has 1 saturated carbocycles. The quantitative estimate of drug-likeness (QED) is 0.408. The smallest absolute Gasteiger partial charge is 0.419 e. The molecule has 2 aromatic carbocycles. The van der Waals surface area contributed by atoms with Crippen molar-refractivity contribution in [2.24, 2.45) is 5.92 Å². The molecular formula is C26H27ClN2O5. The third-order valence-corrected chi connectivity index (χ3v) is 6.64. The highest BCUT2D eigenvalue weighted by Crippen LogP contribution is 2.42. The number of halogens is 1. The third kappa shape index (κ3) is 4.80. The number of aliphatic carboxylic acids is 1. The lowest BCUT2D eigenvalue weighted by atomic mass is 9.78. The van der Waals surface area contributed by atoms with Crippen molar-refractivity contribution in [2.45, 2.75) is 45.4 Å². The number of carbonyl (C=O) groups is 2. The van der Waals surface area contributed by atoms with E-state index in [4.69, 9.17) is 20.9 Å². The summed E-state index contributed by atoms with van der Waals surface area (Å²) in [5, 5.41) is 13.8. The Morgan fingerprint density at radius 1 is 1.12 bits per heavy atom. The van der Waals surface area contributed by atoms with E-state index in [2.05, 4.69) is 5.16 Å². The lowest BCUT2D eigenvalue weighted by Gasteiger charge is -2.26. The van der Waals surface area contributed by atoms with Crippen LogP contribution in [0.3, 0.4) is 0 Å². The number of hydrogen-bond acceptors (Lipinski definition) is 5. The van der Waals surface area contributed by atoms with Gasteiger partial charge in [0.05, 0.1) is 23.2 Å². The molecule has 0 saturated heterocycles. The zero-order chi connectivity index (χ0) is 24.2. The van der Waals surface area contributed by atoms with Gasteiger partial charge in [-0.05, 0) is 63.1 Å². The standard InChI is InChI=1S/C26H27ClN2O5/c1-3-33-26(32)29(22-7-5-4-6-21(22)27)23-16(2)28-34-24(23)19-12-8-17(9-13-19)18-10-14-20(15-11-18)25(30)31/h4-9,12-13,18,20H,3,10-11,14-15H2,1-2H3,(H,30,31). The number of aryl methyl sites for hydroxylation is 1. The van der Waals surface area contributed by atoms with Crippen molar-refractivity contribution < 1.29 is 24.0 Å². The van der Waals surface area contributed by atoms with E-state index in [0.29, 0.717) is 46.6 Å². The van der Waals surface area contributed by atoms with Crippen molar-refractivity contribution in [3.8, 4) is 11.3 Å². The Morgan fingerprint density at radius 2 is 1.79 bits per heavy atom. The zero-order valence-corrected chi connectivity index (χ0v) is 19.9. The minimum Gasteiger partial charge on any atom is -0.481 e. The lowest BCUT2D eigenvalue weighted by Crippen LogP contribution is -2.27. The SMILES string of the molecule is CCOC(=O)N(c1ccccc1Cl)c1c(C)noc1-c1ccc(C2CCC(C(=O)O)CC2)cc1. The normalized spacial score (nSPS) is 17.9. The number of carbonyl (C=O) groups excluding carboxylic acids is 1. The fraction of sp³-hybridized carbons (Fsp3) is 0.346. The van der Waals surface area contributed by atoms with Gasteiger partial charge in [0.15, 0.2) is 5.76 Å². The Morgan fingerprint density at radius 3 is 2.41 bits per heavy atom. The van der Waals surface area contributed by atoms with Crippen LogP contribution in [0.4, 0.5) is 16.2 Å². The maximum absolute atomic E-state index is 13.0. The summed E-state index contributed by atoms with van der Waals surface area (Å²) in [6.07, 6.45) is 2.52. The Bertz CT molecular complexity index is 1170. The number of nitrogens with zero attached hydrogens (tertiary/aromatic N) is 2. The fourth-order valence-electron chi connectivity index (χ4n) is 4.53. The third-order valence-electron chi connectivity index (χ3n) is 6.32. The summed E-state index contributed by atoms with van der Waals surface area (Å²) in [6, 6.07) is 15.0. The van der Waals surface area contributed by atoms with Gasteiger partial charge in [-0.25, -0.2) is 9.69 Å². The van der Waals surface area contributed by atoms with Crippen LogP contribution in [-0.4, -0.2) is 28.9 Å². The van der Waals surface area contributed by atoms with Crippen molar-refractivity contribution in [3.63, 3.8) is 0 Å². The topological polar surface area (TPSA) is 92.9 Å². The zero-order valence-electron chi connectivity index (χ0n) is 19.2. The van der Waals surface area contributed by atoms with Crippen LogP contribution in [0.2, 0.25) is 5.02 Å². The molecule has 1 aromatic heterocycles. The average molecular weight is 483 g/mol. The molecule has 1 heterocycles. The van der Waals surface area contributed by atoms with Gasteiger partial charge in [-0.2, -0.15) is 0 Å². The van der Waals surface area contributed by atoms with Crippen LogP contribution in [0.25, 0.3) is 11.3 Å². The Kier molecular flexibility index (Phi) is 7.22. The molecule has 34 heavy (non-hydrogen) atoms. The van der Waals surface area contributed by atoms with Gasteiger partial charge >= 0.3 is 12.1 Å². The molecule has 0 radical (unpaired) electrons. The van der Waals surface area contributed by atoms with E-state index < -0.39 is 12.1 Å². The Balaban J connectivity index is 1.66. The maximum atomic E-state index is 13.0. The van der Waals surface area contributed by atoms with Gasteiger partial charge in [-0.15, -0.1) is 0 Å². The van der Waals surface area contributed by atoms with Crippen LogP contribution < -0.4 is 4.90 Å². The number of aromatic nitrogens is 1. The van der Waals surface area contributed by atoms with Crippen LogP contribution in [0.5, 0.6) is 0 Å². The largest absolute Gasteiger partial charge is 0.481 e. The van der Waals surface area contributed by atoms with Crippen molar-refractivity contribution in [2.75, 3.05) is 11.5 Å². The summed E-state index contributed by atoms with van der Waals surface area (Å²) >= 11 is 6.43. The lowest BCUT2D eigenvalue weighted by molar-refractivity contribution is -0.142. The van der Waals surface area contributed by atoms with Crippen LogP contribution >= 0.6 is 11.6 Å². The molecule has 1 aliphatic rings. The summed E-state index contributed by atoms with van der Waals surface area (Å²) in [5.74, 6) is -0.174. The number of para-hydroxylation sites is 1. The van der Waals surface area contributed by atoms with Crippen molar-refractivity contribution in [1.82, 2.24) is 5.16 Å². The van der Waals surface area contributed by atoms with E-state index >= 15 is 0 Å². The van der Waals surface area contributed by atoms with Crippen LogP contribution in [-0.2, 0) is 9.53 Å². The van der Waals surface area contributed by atoms with Crippen LogP contribution in [0.15, 0.2) is 53.1 Å². The van der Waals surface area contributed by atoms with E-state index in [1.807, 2.05) is 24.3 Å². The second kappa shape index (κ2) is 10.3. The minimum absolute atomic E-state index is 0.207. The second-order valence-electron chi connectivity index (χ2n) is 8.44. The number of hydrogen-bond donors (Lipinski definition) is 1. The summed E-state index contributed by atoms with van der Waals surface area (Å²) in [5.41, 5.74) is 3.40. The highest BCUT2D eigenvalue weighted by Gasteiger charge is 2.30. The molecule has 1 aliphatic carbocycles. The van der Waals surface area contributed by atoms with Crippen LogP contribution in [0.1, 0.15) is 49.8 Å². The molecule has 7 nitrogen and oxygen atoms in total. The van der Waals surface area contributed by atoms with E-state index in [-0.39, 0.29) is 12.5 Å². The first-order valence-electron chi connectivity index (χ1n) is 11.4. The first kappa shape index (κ1) is 23.8. The van der Waals surface area contributed by atoms with Gasteiger partial charge in [0, 0.05) is 5.56 Å². The molecule has 4 rings (SSSR count). The molecule has 0 spiro atoms. The first-order chi connectivity index (χ1) is 16.4. The summed E-state index contributed by atoms with van der Waals surface area (Å²) in [6.45, 7) is 3.71. The molecular weight excluding hydrogens is 456 g/mol. The highest BCUT2D eigenvalue weighted by atomic mass is 35.5. The molecule has 0 unspecified atom stereocenters. The van der Waals surface area contributed by atoms with Crippen molar-refractivity contribution >= 4 is 35.0 Å².